The van der Waals surface area contributed by atoms with Gasteiger partial charge in [-0.1, -0.05) is 11.6 Å². The standard InChI is InChI=1S/C23H27ClFN3O4S/c1-23(2,32-20-8-4-14(25)10-19(20)24)22(29)27-15-11-16-5-6-17(12-15)28(16)21-9-7-18(13-26-21)33(3,30)31/h4,7-10,13,15-17H,5-6,11-12H2,1-3H3,(H,27,29)/t15-,16+,17-. The van der Waals surface area contributed by atoms with Crippen molar-refractivity contribution in [3.05, 3.63) is 47.4 Å². The number of amides is 1. The number of nitrogens with zero attached hydrogens (tertiary/aromatic N) is 2. The highest BCUT2D eigenvalue weighted by Gasteiger charge is 2.43. The van der Waals surface area contributed by atoms with Crippen molar-refractivity contribution >= 4 is 33.2 Å². The number of hydrogen-bond acceptors (Lipinski definition) is 6. The first-order valence-corrected chi connectivity index (χ1v) is 13.1. The Labute approximate surface area is 198 Å². The molecule has 3 heterocycles. The number of anilines is 1. The maximum absolute atomic E-state index is 13.3. The summed E-state index contributed by atoms with van der Waals surface area (Å²) >= 11 is 6.05. The Balaban J connectivity index is 1.41. The normalized spacial score (nSPS) is 22.8. The molecule has 2 aromatic rings. The van der Waals surface area contributed by atoms with E-state index in [0.29, 0.717) is 0 Å². The number of aromatic nitrogens is 1. The van der Waals surface area contributed by atoms with Crippen molar-refractivity contribution in [3.8, 4) is 5.75 Å². The molecule has 10 heteroatoms. The summed E-state index contributed by atoms with van der Waals surface area (Å²) in [7, 11) is -3.29. The predicted molar refractivity (Wildman–Crippen MR) is 124 cm³/mol. The number of halogens is 2. The molecule has 0 spiro atoms. The number of piperidine rings is 1. The molecule has 0 radical (unpaired) electrons. The molecule has 4 rings (SSSR count). The molecular weight excluding hydrogens is 469 g/mol. The monoisotopic (exact) mass is 495 g/mol. The smallest absolute Gasteiger partial charge is 0.263 e. The summed E-state index contributed by atoms with van der Waals surface area (Å²) in [5, 5.41) is 3.21. The highest BCUT2D eigenvalue weighted by atomic mass is 35.5. The number of carbonyl (C=O) groups excluding carboxylic acids is 1. The van der Waals surface area contributed by atoms with Gasteiger partial charge in [0.1, 0.15) is 17.4 Å². The minimum absolute atomic E-state index is 0.0203. The highest BCUT2D eigenvalue weighted by Crippen LogP contribution is 2.39. The molecule has 2 bridgehead atoms. The third kappa shape index (κ3) is 5.09. The van der Waals surface area contributed by atoms with Crippen molar-refractivity contribution in [1.82, 2.24) is 10.3 Å². The van der Waals surface area contributed by atoms with E-state index in [-0.39, 0.29) is 39.7 Å². The molecule has 178 valence electrons. The van der Waals surface area contributed by atoms with Crippen LogP contribution in [0.4, 0.5) is 10.2 Å². The highest BCUT2D eigenvalue weighted by molar-refractivity contribution is 7.90. The number of hydrogen-bond donors (Lipinski definition) is 1. The molecule has 33 heavy (non-hydrogen) atoms. The van der Waals surface area contributed by atoms with Gasteiger partial charge in [-0.3, -0.25) is 4.79 Å². The first kappa shape index (κ1) is 23.8. The van der Waals surface area contributed by atoms with Gasteiger partial charge in [0.05, 0.1) is 9.92 Å². The number of rotatable bonds is 6. The Hall–Kier alpha value is -2.39. The van der Waals surface area contributed by atoms with Crippen LogP contribution in [0.5, 0.6) is 5.75 Å². The van der Waals surface area contributed by atoms with Crippen LogP contribution in [0.25, 0.3) is 0 Å². The van der Waals surface area contributed by atoms with Crippen LogP contribution < -0.4 is 15.0 Å². The number of ether oxygens (including phenoxy) is 1. The molecule has 1 N–H and O–H groups in total. The Bertz CT molecular complexity index is 1140. The number of nitrogens with one attached hydrogen (secondary N) is 1. The fourth-order valence-corrected chi connectivity index (χ4v) is 5.42. The van der Waals surface area contributed by atoms with Crippen LogP contribution in [-0.2, 0) is 14.6 Å². The molecule has 2 saturated heterocycles. The molecule has 7 nitrogen and oxygen atoms in total. The van der Waals surface area contributed by atoms with Crippen LogP contribution in [0.15, 0.2) is 41.4 Å². The van der Waals surface area contributed by atoms with Gasteiger partial charge in [0.15, 0.2) is 15.4 Å². The quantitative estimate of drug-likeness (QED) is 0.656. The maximum atomic E-state index is 13.3. The van der Waals surface area contributed by atoms with E-state index in [1.54, 1.807) is 26.0 Å². The second-order valence-electron chi connectivity index (χ2n) is 9.25. The van der Waals surface area contributed by atoms with Crippen LogP contribution in [0, 0.1) is 5.82 Å². The number of fused-ring (bicyclic) bond motifs is 2. The van der Waals surface area contributed by atoms with E-state index in [1.165, 1.54) is 18.3 Å². The summed E-state index contributed by atoms with van der Waals surface area (Å²) in [6.07, 6.45) is 6.04. The lowest BCUT2D eigenvalue weighted by Crippen LogP contribution is -2.55. The van der Waals surface area contributed by atoms with Crippen molar-refractivity contribution in [2.75, 3.05) is 11.2 Å². The SMILES string of the molecule is CC(C)(Oc1ccc(F)cc1Cl)C(=O)N[C@H]1C[C@H]2CC[C@@H](C1)N2c1ccc(S(C)(=O)=O)cn1. The lowest BCUT2D eigenvalue weighted by Gasteiger charge is -2.40. The second kappa shape index (κ2) is 8.76. The lowest BCUT2D eigenvalue weighted by atomic mass is 9.96. The van der Waals surface area contributed by atoms with Crippen LogP contribution >= 0.6 is 11.6 Å². The second-order valence-corrected chi connectivity index (χ2v) is 11.7. The van der Waals surface area contributed by atoms with Crippen LogP contribution in [0.1, 0.15) is 39.5 Å². The minimum atomic E-state index is -3.29. The predicted octanol–water partition coefficient (Wildman–Crippen LogP) is 3.75. The van der Waals surface area contributed by atoms with Crippen molar-refractivity contribution in [1.29, 1.82) is 0 Å². The molecule has 3 atom stereocenters. The molecule has 0 aliphatic carbocycles. The molecular formula is C23H27ClFN3O4S. The van der Waals surface area contributed by atoms with Gasteiger partial charge in [0.25, 0.3) is 5.91 Å². The van der Waals surface area contributed by atoms with Crippen LogP contribution in [0.2, 0.25) is 5.02 Å². The van der Waals surface area contributed by atoms with Gasteiger partial charge in [-0.2, -0.15) is 0 Å². The summed E-state index contributed by atoms with van der Waals surface area (Å²) in [6, 6.07) is 7.53. The summed E-state index contributed by atoms with van der Waals surface area (Å²) in [4.78, 5) is 19.8. The molecule has 2 fully saturated rings. The molecule has 0 saturated carbocycles. The summed E-state index contributed by atoms with van der Waals surface area (Å²) in [5.74, 6) is 0.264. The molecule has 2 aliphatic rings. The lowest BCUT2D eigenvalue weighted by molar-refractivity contribution is -0.135. The number of sulfone groups is 1. The third-order valence-electron chi connectivity index (χ3n) is 6.29. The number of carbonyl (C=O) groups is 1. The Morgan fingerprint density at radius 1 is 1.21 bits per heavy atom. The van der Waals surface area contributed by atoms with Gasteiger partial charge in [-0.25, -0.2) is 17.8 Å². The minimum Gasteiger partial charge on any atom is -0.476 e. The van der Waals surface area contributed by atoms with Gasteiger partial charge >= 0.3 is 0 Å². The summed E-state index contributed by atoms with van der Waals surface area (Å²) in [5.41, 5.74) is -1.19. The Kier molecular flexibility index (Phi) is 6.30. The van der Waals surface area contributed by atoms with E-state index in [4.69, 9.17) is 16.3 Å². The van der Waals surface area contributed by atoms with Crippen molar-refractivity contribution < 1.29 is 22.3 Å². The van der Waals surface area contributed by atoms with Crippen molar-refractivity contribution in [2.45, 2.75) is 68.2 Å². The fourth-order valence-electron chi connectivity index (χ4n) is 4.65. The average Bonchev–Trinajstić information content (AvgIpc) is 3.00. The van der Waals surface area contributed by atoms with E-state index in [2.05, 4.69) is 15.2 Å². The van der Waals surface area contributed by atoms with E-state index >= 15 is 0 Å². The maximum Gasteiger partial charge on any atom is 0.263 e. The Morgan fingerprint density at radius 2 is 1.88 bits per heavy atom. The van der Waals surface area contributed by atoms with Crippen LogP contribution in [0.3, 0.4) is 0 Å². The molecule has 0 unspecified atom stereocenters. The molecule has 1 aromatic heterocycles. The number of pyridine rings is 1. The zero-order chi connectivity index (χ0) is 24.0. The van der Waals surface area contributed by atoms with Crippen molar-refractivity contribution in [3.63, 3.8) is 0 Å². The van der Waals surface area contributed by atoms with Gasteiger partial charge in [0.2, 0.25) is 0 Å². The molecule has 1 amide bonds. The summed E-state index contributed by atoms with van der Waals surface area (Å²) < 4.78 is 42.5. The average molecular weight is 496 g/mol. The molecule has 1 aromatic carbocycles. The van der Waals surface area contributed by atoms with E-state index in [0.717, 1.165) is 43.8 Å². The zero-order valence-corrected chi connectivity index (χ0v) is 20.3. The van der Waals surface area contributed by atoms with Gasteiger partial charge < -0.3 is 15.0 Å². The van der Waals surface area contributed by atoms with E-state index < -0.39 is 21.3 Å². The topological polar surface area (TPSA) is 88.6 Å². The largest absolute Gasteiger partial charge is 0.476 e. The third-order valence-corrected chi connectivity index (χ3v) is 7.68. The fraction of sp³-hybridized carbons (Fsp3) is 0.478. The van der Waals surface area contributed by atoms with E-state index in [9.17, 15) is 17.6 Å². The molecule has 2 aliphatic heterocycles. The van der Waals surface area contributed by atoms with Gasteiger partial charge in [0, 0.05) is 30.6 Å². The number of benzene rings is 1. The van der Waals surface area contributed by atoms with Gasteiger partial charge in [-0.05, 0) is 69.9 Å². The van der Waals surface area contributed by atoms with Crippen molar-refractivity contribution in [2.24, 2.45) is 0 Å². The van der Waals surface area contributed by atoms with Gasteiger partial charge in [-0.15, -0.1) is 0 Å². The van der Waals surface area contributed by atoms with E-state index in [1.807, 2.05) is 0 Å². The first-order valence-electron chi connectivity index (χ1n) is 10.8. The zero-order valence-electron chi connectivity index (χ0n) is 18.7. The van der Waals surface area contributed by atoms with Crippen LogP contribution in [-0.4, -0.2) is 49.3 Å². The summed E-state index contributed by atoms with van der Waals surface area (Å²) in [6.45, 7) is 3.30. The Morgan fingerprint density at radius 3 is 2.42 bits per heavy atom. The first-order chi connectivity index (χ1) is 15.4.